The fraction of sp³-hybridized carbons (Fsp3) is 0.909. The van der Waals surface area contributed by atoms with Crippen LogP contribution in [0.3, 0.4) is 0 Å². The first-order chi connectivity index (χ1) is 7.60. The molecule has 1 atom stereocenters. The molecule has 1 saturated carbocycles. The molecule has 1 aliphatic carbocycles. The standard InChI is InChI=1S/C11H21N3O2/c1-8-2-4-11(5-3-8)15-7-9(16-11)6-14-10(12)13/h8-9H,2-7H2,1H3,(H4,12,13,14). The number of nitrogens with two attached hydrogens (primary N) is 2. The van der Waals surface area contributed by atoms with Crippen molar-refractivity contribution < 1.29 is 9.47 Å². The molecule has 0 radical (unpaired) electrons. The van der Waals surface area contributed by atoms with Crippen LogP contribution in [0.15, 0.2) is 4.99 Å². The van der Waals surface area contributed by atoms with Crippen molar-refractivity contribution in [2.24, 2.45) is 22.4 Å². The van der Waals surface area contributed by atoms with Crippen LogP contribution in [0.1, 0.15) is 32.6 Å². The fourth-order valence-electron chi connectivity index (χ4n) is 2.38. The first kappa shape index (κ1) is 11.7. The van der Waals surface area contributed by atoms with E-state index in [1.54, 1.807) is 0 Å². The van der Waals surface area contributed by atoms with Crippen LogP contribution in [0.25, 0.3) is 0 Å². The summed E-state index contributed by atoms with van der Waals surface area (Å²) in [5.41, 5.74) is 10.6. The highest BCUT2D eigenvalue weighted by molar-refractivity contribution is 5.75. The lowest BCUT2D eigenvalue weighted by Crippen LogP contribution is -2.35. The van der Waals surface area contributed by atoms with Gasteiger partial charge in [0.1, 0.15) is 6.10 Å². The first-order valence-corrected chi connectivity index (χ1v) is 5.97. The highest BCUT2D eigenvalue weighted by Gasteiger charge is 2.43. The Morgan fingerprint density at radius 3 is 2.69 bits per heavy atom. The number of guanidine groups is 1. The smallest absolute Gasteiger partial charge is 0.186 e. The molecule has 2 fully saturated rings. The van der Waals surface area contributed by atoms with Crippen LogP contribution in [-0.4, -0.2) is 31.0 Å². The lowest BCUT2D eigenvalue weighted by molar-refractivity contribution is -0.190. The van der Waals surface area contributed by atoms with Gasteiger partial charge in [-0.15, -0.1) is 0 Å². The summed E-state index contributed by atoms with van der Waals surface area (Å²) in [6.07, 6.45) is 4.35. The number of hydrogen-bond acceptors (Lipinski definition) is 3. The summed E-state index contributed by atoms with van der Waals surface area (Å²) in [5.74, 6) is 0.562. The number of nitrogens with zero attached hydrogens (tertiary/aromatic N) is 1. The Kier molecular flexibility index (Phi) is 3.35. The maximum Gasteiger partial charge on any atom is 0.186 e. The Labute approximate surface area is 96.2 Å². The molecule has 0 aromatic heterocycles. The van der Waals surface area contributed by atoms with Gasteiger partial charge < -0.3 is 20.9 Å². The predicted octanol–water partition coefficient (Wildman–Crippen LogP) is 0.582. The van der Waals surface area contributed by atoms with Gasteiger partial charge in [-0.25, -0.2) is 0 Å². The van der Waals surface area contributed by atoms with Gasteiger partial charge in [0.2, 0.25) is 0 Å². The lowest BCUT2D eigenvalue weighted by atomic mass is 9.86. The molecule has 0 bridgehead atoms. The van der Waals surface area contributed by atoms with Crippen molar-refractivity contribution in [1.82, 2.24) is 0 Å². The molecule has 5 nitrogen and oxygen atoms in total. The summed E-state index contributed by atoms with van der Waals surface area (Å²) >= 11 is 0. The quantitative estimate of drug-likeness (QED) is 0.534. The van der Waals surface area contributed by atoms with Gasteiger partial charge in [0.15, 0.2) is 11.7 Å². The van der Waals surface area contributed by atoms with E-state index < -0.39 is 0 Å². The zero-order valence-corrected chi connectivity index (χ0v) is 9.82. The second-order valence-electron chi connectivity index (χ2n) is 4.91. The molecule has 1 unspecified atom stereocenters. The molecule has 1 saturated heterocycles. The van der Waals surface area contributed by atoms with Crippen molar-refractivity contribution in [3.63, 3.8) is 0 Å². The maximum atomic E-state index is 5.95. The Balaban J connectivity index is 1.85. The molecule has 1 heterocycles. The molecule has 0 aromatic rings. The summed E-state index contributed by atoms with van der Waals surface area (Å²) in [7, 11) is 0. The zero-order chi connectivity index (χ0) is 11.6. The summed E-state index contributed by atoms with van der Waals surface area (Å²) in [6.45, 7) is 3.38. The van der Waals surface area contributed by atoms with E-state index >= 15 is 0 Å². The van der Waals surface area contributed by atoms with Crippen LogP contribution in [0.4, 0.5) is 0 Å². The minimum absolute atomic E-state index is 0.00973. The molecule has 5 heteroatoms. The molecule has 16 heavy (non-hydrogen) atoms. The maximum absolute atomic E-state index is 5.95. The molecule has 2 rings (SSSR count). The highest BCUT2D eigenvalue weighted by Crippen LogP contribution is 2.39. The molecule has 1 aliphatic heterocycles. The second kappa shape index (κ2) is 4.59. The van der Waals surface area contributed by atoms with Crippen molar-refractivity contribution in [2.45, 2.75) is 44.5 Å². The molecule has 4 N–H and O–H groups in total. The molecule has 1 spiro atoms. The normalized spacial score (nSPS) is 38.8. The van der Waals surface area contributed by atoms with Gasteiger partial charge in [0, 0.05) is 12.8 Å². The highest BCUT2D eigenvalue weighted by atomic mass is 16.7. The van der Waals surface area contributed by atoms with Crippen molar-refractivity contribution in [3.8, 4) is 0 Å². The van der Waals surface area contributed by atoms with Crippen molar-refractivity contribution in [3.05, 3.63) is 0 Å². The molecule has 2 aliphatic rings. The van der Waals surface area contributed by atoms with E-state index in [4.69, 9.17) is 20.9 Å². The second-order valence-corrected chi connectivity index (χ2v) is 4.91. The van der Waals surface area contributed by atoms with E-state index in [0.717, 1.165) is 18.8 Å². The minimum atomic E-state index is -0.337. The van der Waals surface area contributed by atoms with Gasteiger partial charge in [-0.3, -0.25) is 4.99 Å². The van der Waals surface area contributed by atoms with Crippen LogP contribution >= 0.6 is 0 Å². The van der Waals surface area contributed by atoms with Gasteiger partial charge in [0.25, 0.3) is 0 Å². The van der Waals surface area contributed by atoms with Crippen molar-refractivity contribution >= 4 is 5.96 Å². The fourth-order valence-corrected chi connectivity index (χ4v) is 2.38. The van der Waals surface area contributed by atoms with E-state index in [-0.39, 0.29) is 17.9 Å². The monoisotopic (exact) mass is 227 g/mol. The lowest BCUT2D eigenvalue weighted by Gasteiger charge is -2.34. The third kappa shape index (κ3) is 2.65. The van der Waals surface area contributed by atoms with Crippen LogP contribution in [0, 0.1) is 5.92 Å². The number of ether oxygens (including phenoxy) is 2. The molecular formula is C11H21N3O2. The Hall–Kier alpha value is -0.810. The van der Waals surface area contributed by atoms with Crippen LogP contribution in [0.2, 0.25) is 0 Å². The van der Waals surface area contributed by atoms with Gasteiger partial charge in [-0.1, -0.05) is 6.92 Å². The molecule has 0 amide bonds. The third-order valence-electron chi connectivity index (χ3n) is 3.43. The van der Waals surface area contributed by atoms with E-state index in [2.05, 4.69) is 11.9 Å². The van der Waals surface area contributed by atoms with E-state index in [9.17, 15) is 0 Å². The van der Waals surface area contributed by atoms with E-state index in [0.29, 0.717) is 13.2 Å². The minimum Gasteiger partial charge on any atom is -0.370 e. The average Bonchev–Trinajstić information content (AvgIpc) is 2.64. The predicted molar refractivity (Wildman–Crippen MR) is 61.9 cm³/mol. The number of rotatable bonds is 2. The molecule has 92 valence electrons. The van der Waals surface area contributed by atoms with Gasteiger partial charge in [0.05, 0.1) is 13.2 Å². The van der Waals surface area contributed by atoms with Crippen molar-refractivity contribution in [2.75, 3.05) is 13.2 Å². The molecule has 0 aromatic carbocycles. The van der Waals surface area contributed by atoms with Crippen LogP contribution in [0.5, 0.6) is 0 Å². The zero-order valence-electron chi connectivity index (χ0n) is 9.82. The number of hydrogen-bond donors (Lipinski definition) is 2. The van der Waals surface area contributed by atoms with Gasteiger partial charge in [-0.2, -0.15) is 0 Å². The SMILES string of the molecule is CC1CCC2(CC1)OCC(CN=C(N)N)O2. The van der Waals surface area contributed by atoms with Crippen LogP contribution in [-0.2, 0) is 9.47 Å². The van der Waals surface area contributed by atoms with Crippen molar-refractivity contribution in [1.29, 1.82) is 0 Å². The average molecular weight is 227 g/mol. The summed E-state index contributed by atoms with van der Waals surface area (Å²) in [6, 6.07) is 0. The Bertz CT molecular complexity index is 268. The first-order valence-electron chi connectivity index (χ1n) is 5.97. The Morgan fingerprint density at radius 1 is 1.38 bits per heavy atom. The Morgan fingerprint density at radius 2 is 2.06 bits per heavy atom. The van der Waals surface area contributed by atoms with Gasteiger partial charge in [-0.05, 0) is 18.8 Å². The summed E-state index contributed by atoms with van der Waals surface area (Å²) in [5, 5.41) is 0. The van der Waals surface area contributed by atoms with Crippen LogP contribution < -0.4 is 11.5 Å². The third-order valence-corrected chi connectivity index (χ3v) is 3.43. The molecular weight excluding hydrogens is 206 g/mol. The topological polar surface area (TPSA) is 82.9 Å². The summed E-state index contributed by atoms with van der Waals surface area (Å²) < 4.78 is 11.7. The van der Waals surface area contributed by atoms with E-state index in [1.807, 2.05) is 0 Å². The number of aliphatic imine (C=N–C) groups is 1. The van der Waals surface area contributed by atoms with Gasteiger partial charge >= 0.3 is 0 Å². The van der Waals surface area contributed by atoms with E-state index in [1.165, 1.54) is 12.8 Å². The largest absolute Gasteiger partial charge is 0.370 e. The summed E-state index contributed by atoms with van der Waals surface area (Å²) in [4.78, 5) is 3.97.